The van der Waals surface area contributed by atoms with E-state index < -0.39 is 0 Å². The maximum atomic E-state index is 14.8. The second-order valence-electron chi connectivity index (χ2n) is 7.07. The van der Waals surface area contributed by atoms with Crippen LogP contribution in [0.5, 0.6) is 5.75 Å². The molecule has 1 fully saturated rings. The van der Waals surface area contributed by atoms with Gasteiger partial charge in [0.1, 0.15) is 17.1 Å². The molecule has 5 nitrogen and oxygen atoms in total. The van der Waals surface area contributed by atoms with E-state index in [1.54, 1.807) is 18.3 Å². The molecule has 0 bridgehead atoms. The number of aromatic hydroxyl groups is 1. The predicted octanol–water partition coefficient (Wildman–Crippen LogP) is 4.04. The number of phenols is 1. The smallest absolute Gasteiger partial charge is 0.146 e. The third-order valence-electron chi connectivity index (χ3n) is 4.81. The van der Waals surface area contributed by atoms with Gasteiger partial charge in [0.25, 0.3) is 0 Å². The second-order valence-corrected chi connectivity index (χ2v) is 8.27. The number of benzene rings is 1. The van der Waals surface area contributed by atoms with Gasteiger partial charge in [-0.15, -0.1) is 11.3 Å². The third-order valence-corrected chi connectivity index (χ3v) is 5.83. The number of hydrogen-bond acceptors (Lipinski definition) is 6. The largest absolute Gasteiger partial charge is 0.506 e. The number of pyridine rings is 1. The number of nitrogens with zero attached hydrogens (tertiary/aromatic N) is 3. The summed E-state index contributed by atoms with van der Waals surface area (Å²) in [5, 5.41) is 11.1. The fraction of sp³-hybridized carbons (Fsp3) is 0.400. The van der Waals surface area contributed by atoms with Crippen LogP contribution in [-0.4, -0.2) is 45.3 Å². The average molecular weight is 387 g/mol. The molecule has 1 unspecified atom stereocenters. The van der Waals surface area contributed by atoms with Gasteiger partial charge in [-0.25, -0.2) is 9.37 Å². The Morgan fingerprint density at radius 3 is 2.70 bits per heavy atom. The van der Waals surface area contributed by atoms with Gasteiger partial charge in [-0.2, -0.15) is 0 Å². The Bertz CT molecular complexity index is 967. The number of rotatable bonds is 3. The first kappa shape index (κ1) is 18.3. The molecule has 4 rings (SSSR count). The van der Waals surface area contributed by atoms with E-state index in [-0.39, 0.29) is 29.8 Å². The number of morpholine rings is 1. The molecule has 1 aliphatic rings. The van der Waals surface area contributed by atoms with Crippen molar-refractivity contribution in [2.24, 2.45) is 0 Å². The Labute approximate surface area is 161 Å². The Morgan fingerprint density at radius 1 is 1.26 bits per heavy atom. The summed E-state index contributed by atoms with van der Waals surface area (Å²) in [6.45, 7) is 7.30. The van der Waals surface area contributed by atoms with Gasteiger partial charge in [-0.1, -0.05) is 6.07 Å². The lowest BCUT2D eigenvalue weighted by molar-refractivity contribution is -0.0770. The fourth-order valence-electron chi connectivity index (χ4n) is 3.88. The molecule has 0 saturated carbocycles. The number of fused-ring (bicyclic) bond motifs is 1. The lowest BCUT2D eigenvalue weighted by Crippen LogP contribution is -2.47. The van der Waals surface area contributed by atoms with Crippen molar-refractivity contribution in [3.05, 3.63) is 52.5 Å². The second kappa shape index (κ2) is 7.14. The van der Waals surface area contributed by atoms with E-state index in [1.165, 1.54) is 17.4 Å². The number of aryl methyl sites for hydroxylation is 1. The zero-order chi connectivity index (χ0) is 19.1. The highest BCUT2D eigenvalue weighted by Crippen LogP contribution is 2.40. The topological polar surface area (TPSA) is 58.5 Å². The first-order valence-electron chi connectivity index (χ1n) is 9.03. The number of hydrogen-bond donors (Lipinski definition) is 1. The summed E-state index contributed by atoms with van der Waals surface area (Å²) in [6, 6.07) is 6.17. The minimum atomic E-state index is -0.372. The van der Waals surface area contributed by atoms with Crippen LogP contribution in [0, 0.1) is 12.7 Å². The first-order valence-corrected chi connectivity index (χ1v) is 9.84. The Hall–Kier alpha value is -2.09. The van der Waals surface area contributed by atoms with Crippen LogP contribution in [0.25, 0.3) is 10.2 Å². The van der Waals surface area contributed by atoms with Crippen LogP contribution in [0.15, 0.2) is 30.5 Å². The number of halogens is 1. The Kier molecular flexibility index (Phi) is 4.84. The van der Waals surface area contributed by atoms with Crippen molar-refractivity contribution >= 4 is 21.6 Å². The summed E-state index contributed by atoms with van der Waals surface area (Å²) in [5.74, 6) is -0.196. The van der Waals surface area contributed by atoms with Crippen molar-refractivity contribution < 1.29 is 14.2 Å². The van der Waals surface area contributed by atoms with Crippen molar-refractivity contribution in [1.29, 1.82) is 0 Å². The van der Waals surface area contributed by atoms with Crippen LogP contribution in [0.1, 0.15) is 36.2 Å². The molecule has 1 N–H and O–H groups in total. The lowest BCUT2D eigenvalue weighted by Gasteiger charge is -2.40. The summed E-state index contributed by atoms with van der Waals surface area (Å²) in [5.41, 5.74) is 1.86. The van der Waals surface area contributed by atoms with Gasteiger partial charge >= 0.3 is 0 Å². The molecule has 3 aromatic rings. The minimum Gasteiger partial charge on any atom is -0.506 e. The van der Waals surface area contributed by atoms with E-state index in [9.17, 15) is 9.50 Å². The molecule has 0 spiro atoms. The maximum absolute atomic E-state index is 14.8. The van der Waals surface area contributed by atoms with Crippen LogP contribution in [0.4, 0.5) is 4.39 Å². The Morgan fingerprint density at radius 2 is 2.00 bits per heavy atom. The predicted molar refractivity (Wildman–Crippen MR) is 104 cm³/mol. The van der Waals surface area contributed by atoms with E-state index in [1.807, 2.05) is 26.8 Å². The highest BCUT2D eigenvalue weighted by Gasteiger charge is 2.34. The molecule has 1 saturated heterocycles. The van der Waals surface area contributed by atoms with Gasteiger partial charge in [0.15, 0.2) is 0 Å². The summed E-state index contributed by atoms with van der Waals surface area (Å²) in [6.07, 6.45) is 1.70. The quantitative estimate of drug-likeness (QED) is 0.735. The minimum absolute atomic E-state index is 0.0406. The zero-order valence-electron chi connectivity index (χ0n) is 15.5. The standard InChI is InChI=1S/C20H22FN3O2S/c1-11-9-24(10-12(2)26-11)19(17-15(21)5-4-8-22-17)14-6-7-16(25)18-20(14)27-13(3)23-18/h4-8,11-12,19,25H,9-10H2,1-3H3/t11-,12+,19?. The normalized spacial score (nSPS) is 22.2. The molecule has 1 aromatic carbocycles. The number of aromatic nitrogens is 2. The number of thiazole rings is 1. The van der Waals surface area contributed by atoms with Crippen molar-refractivity contribution in [2.75, 3.05) is 13.1 Å². The van der Waals surface area contributed by atoms with E-state index in [0.717, 1.165) is 15.3 Å². The van der Waals surface area contributed by atoms with Crippen LogP contribution in [0.2, 0.25) is 0 Å². The maximum Gasteiger partial charge on any atom is 0.146 e. The molecule has 0 amide bonds. The van der Waals surface area contributed by atoms with Gasteiger partial charge in [0.05, 0.1) is 33.7 Å². The summed E-state index contributed by atoms with van der Waals surface area (Å²) >= 11 is 1.51. The van der Waals surface area contributed by atoms with E-state index in [2.05, 4.69) is 14.9 Å². The molecular weight excluding hydrogens is 365 g/mol. The van der Waals surface area contributed by atoms with Gasteiger partial charge in [-0.3, -0.25) is 9.88 Å². The number of ether oxygens (including phenoxy) is 1. The van der Waals surface area contributed by atoms with Crippen LogP contribution >= 0.6 is 11.3 Å². The van der Waals surface area contributed by atoms with Crippen LogP contribution in [-0.2, 0) is 4.74 Å². The molecule has 0 aliphatic carbocycles. The molecular formula is C20H22FN3O2S. The van der Waals surface area contributed by atoms with E-state index >= 15 is 0 Å². The molecule has 0 radical (unpaired) electrons. The van der Waals surface area contributed by atoms with Crippen molar-refractivity contribution in [3.8, 4) is 5.75 Å². The molecule has 3 heterocycles. The molecule has 2 aromatic heterocycles. The van der Waals surface area contributed by atoms with Gasteiger partial charge < -0.3 is 9.84 Å². The monoisotopic (exact) mass is 387 g/mol. The molecule has 1 aliphatic heterocycles. The third kappa shape index (κ3) is 3.42. The van der Waals surface area contributed by atoms with Gasteiger partial charge in [-0.05, 0) is 44.5 Å². The highest BCUT2D eigenvalue weighted by molar-refractivity contribution is 7.18. The Balaban J connectivity index is 1.91. The molecule has 27 heavy (non-hydrogen) atoms. The van der Waals surface area contributed by atoms with E-state index in [0.29, 0.717) is 24.3 Å². The van der Waals surface area contributed by atoms with Crippen LogP contribution < -0.4 is 0 Å². The van der Waals surface area contributed by atoms with Crippen molar-refractivity contribution in [3.63, 3.8) is 0 Å². The van der Waals surface area contributed by atoms with Crippen LogP contribution in [0.3, 0.4) is 0 Å². The highest BCUT2D eigenvalue weighted by atomic mass is 32.1. The SMILES string of the molecule is Cc1nc2c(O)ccc(C(c3ncccc3F)N3C[C@@H](C)O[C@@H](C)C3)c2s1. The lowest BCUT2D eigenvalue weighted by atomic mass is 9.98. The average Bonchev–Trinajstić information content (AvgIpc) is 3.00. The molecule has 7 heteroatoms. The number of phenolic OH excluding ortho intramolecular Hbond substituents is 1. The fourth-order valence-corrected chi connectivity index (χ4v) is 4.86. The first-order chi connectivity index (χ1) is 12.9. The summed E-state index contributed by atoms with van der Waals surface area (Å²) in [4.78, 5) is 11.1. The van der Waals surface area contributed by atoms with Gasteiger partial charge in [0, 0.05) is 19.3 Å². The van der Waals surface area contributed by atoms with Crippen molar-refractivity contribution in [1.82, 2.24) is 14.9 Å². The zero-order valence-corrected chi connectivity index (χ0v) is 16.3. The van der Waals surface area contributed by atoms with Gasteiger partial charge in [0.2, 0.25) is 0 Å². The molecule has 142 valence electrons. The van der Waals surface area contributed by atoms with Crippen molar-refractivity contribution in [2.45, 2.75) is 39.0 Å². The molecule has 3 atom stereocenters. The summed E-state index contributed by atoms with van der Waals surface area (Å²) < 4.78 is 21.5. The van der Waals surface area contributed by atoms with E-state index in [4.69, 9.17) is 4.74 Å². The summed E-state index contributed by atoms with van der Waals surface area (Å²) in [7, 11) is 0.